The van der Waals surface area contributed by atoms with Crippen molar-refractivity contribution >= 4 is 56.7 Å². The number of nitrogens with one attached hydrogen (secondary N) is 2. The number of hydrogen-bond acceptors (Lipinski definition) is 6. The predicted octanol–water partition coefficient (Wildman–Crippen LogP) is 5.80. The summed E-state index contributed by atoms with van der Waals surface area (Å²) < 4.78 is 16.5. The molecule has 182 valence electrons. The molecule has 0 bridgehead atoms. The zero-order chi connectivity index (χ0) is 25.2. The van der Waals surface area contributed by atoms with Crippen molar-refractivity contribution < 1.29 is 28.6 Å². The van der Waals surface area contributed by atoms with Crippen LogP contribution >= 0.6 is 27.5 Å². The Balaban J connectivity index is 1.36. The molecule has 8 nitrogen and oxygen atoms in total. The molecule has 0 atom stereocenters. The van der Waals surface area contributed by atoms with E-state index in [-0.39, 0.29) is 18.7 Å². The van der Waals surface area contributed by atoms with Gasteiger partial charge >= 0.3 is 5.97 Å². The molecular formula is C25H22BrClN2O6. The molecule has 0 spiro atoms. The summed E-state index contributed by atoms with van der Waals surface area (Å²) in [5.41, 5.74) is 1.03. The van der Waals surface area contributed by atoms with E-state index in [2.05, 4.69) is 26.6 Å². The van der Waals surface area contributed by atoms with Gasteiger partial charge in [-0.3, -0.25) is 14.4 Å². The number of rotatable bonds is 10. The minimum atomic E-state index is -0.660. The van der Waals surface area contributed by atoms with Crippen LogP contribution in [0.2, 0.25) is 5.02 Å². The van der Waals surface area contributed by atoms with Crippen LogP contribution in [0.25, 0.3) is 0 Å². The van der Waals surface area contributed by atoms with Crippen molar-refractivity contribution in [3.8, 4) is 17.2 Å². The number of carbonyl (C=O) groups excluding carboxylic acids is 3. The molecule has 0 aromatic heterocycles. The Morgan fingerprint density at radius 2 is 1.37 bits per heavy atom. The molecule has 3 rings (SSSR count). The molecule has 0 aliphatic rings. The van der Waals surface area contributed by atoms with Gasteiger partial charge in [0.1, 0.15) is 17.2 Å². The van der Waals surface area contributed by atoms with Crippen molar-refractivity contribution in [2.45, 2.75) is 12.8 Å². The highest BCUT2D eigenvalue weighted by atomic mass is 79.9. The average molecular weight is 562 g/mol. The van der Waals surface area contributed by atoms with Crippen LogP contribution < -0.4 is 20.1 Å². The van der Waals surface area contributed by atoms with Crippen molar-refractivity contribution in [1.29, 1.82) is 0 Å². The van der Waals surface area contributed by atoms with Gasteiger partial charge in [0.2, 0.25) is 5.91 Å². The fraction of sp³-hybridized carbons (Fsp3) is 0.160. The molecule has 2 N–H and O–H groups in total. The number of anilines is 2. The largest absolute Gasteiger partial charge is 0.497 e. The zero-order valence-electron chi connectivity index (χ0n) is 18.7. The summed E-state index contributed by atoms with van der Waals surface area (Å²) >= 11 is 9.23. The summed E-state index contributed by atoms with van der Waals surface area (Å²) in [4.78, 5) is 35.9. The third-order valence-corrected chi connectivity index (χ3v) is 5.79. The quantitative estimate of drug-likeness (QED) is 0.303. The molecule has 0 unspecified atom stereocenters. The Morgan fingerprint density at radius 1 is 0.800 bits per heavy atom. The van der Waals surface area contributed by atoms with Crippen molar-refractivity contribution in [2.24, 2.45) is 0 Å². The summed E-state index contributed by atoms with van der Waals surface area (Å²) in [6.45, 7) is -0.468. The maximum absolute atomic E-state index is 12.1. The summed E-state index contributed by atoms with van der Waals surface area (Å²) in [5, 5.41) is 5.70. The van der Waals surface area contributed by atoms with E-state index in [1.165, 1.54) is 0 Å². The van der Waals surface area contributed by atoms with Gasteiger partial charge in [-0.15, -0.1) is 0 Å². The average Bonchev–Trinajstić information content (AvgIpc) is 2.85. The predicted molar refractivity (Wildman–Crippen MR) is 136 cm³/mol. The van der Waals surface area contributed by atoms with Gasteiger partial charge in [0.25, 0.3) is 5.91 Å². The normalized spacial score (nSPS) is 10.3. The second-order valence-electron chi connectivity index (χ2n) is 7.19. The monoisotopic (exact) mass is 560 g/mol. The Bertz CT molecular complexity index is 1190. The van der Waals surface area contributed by atoms with E-state index in [9.17, 15) is 14.4 Å². The standard InChI is InChI=1S/C25H22BrClN2O6/c1-33-18-7-9-20(10-8-18)35-19-5-2-16(3-6-19)28-23(30)12-13-25(32)34-15-24(31)29-17-4-11-21(26)22(27)14-17/h2-11,14H,12-13,15H2,1H3,(H,28,30)(H,29,31). The van der Waals surface area contributed by atoms with Gasteiger partial charge in [0.05, 0.1) is 18.6 Å². The second-order valence-corrected chi connectivity index (χ2v) is 8.45. The third-order valence-electron chi connectivity index (χ3n) is 4.56. The van der Waals surface area contributed by atoms with Crippen LogP contribution in [0.15, 0.2) is 71.2 Å². The van der Waals surface area contributed by atoms with Crippen LogP contribution in [0.1, 0.15) is 12.8 Å². The zero-order valence-corrected chi connectivity index (χ0v) is 21.0. The number of amides is 2. The summed E-state index contributed by atoms with van der Waals surface area (Å²) in [6, 6.07) is 18.9. The number of carbonyl (C=O) groups is 3. The van der Waals surface area contributed by atoms with Gasteiger partial charge < -0.3 is 24.8 Å². The van der Waals surface area contributed by atoms with E-state index < -0.39 is 18.5 Å². The van der Waals surface area contributed by atoms with Crippen molar-refractivity contribution in [1.82, 2.24) is 0 Å². The highest BCUT2D eigenvalue weighted by Gasteiger charge is 2.12. The lowest BCUT2D eigenvalue weighted by molar-refractivity contribution is -0.147. The first-order valence-electron chi connectivity index (χ1n) is 10.4. The van der Waals surface area contributed by atoms with Gasteiger partial charge in [0.15, 0.2) is 6.61 Å². The van der Waals surface area contributed by atoms with Gasteiger partial charge in [-0.1, -0.05) is 11.6 Å². The molecule has 0 heterocycles. The molecular weight excluding hydrogens is 540 g/mol. The number of benzene rings is 3. The highest BCUT2D eigenvalue weighted by Crippen LogP contribution is 2.26. The number of halogens is 2. The number of esters is 1. The molecule has 0 radical (unpaired) electrons. The van der Waals surface area contributed by atoms with E-state index >= 15 is 0 Å². The molecule has 2 amide bonds. The number of hydrogen-bond donors (Lipinski definition) is 2. The smallest absolute Gasteiger partial charge is 0.306 e. The Labute approximate surface area is 215 Å². The van der Waals surface area contributed by atoms with Crippen molar-refractivity contribution in [3.63, 3.8) is 0 Å². The molecule has 0 aliphatic heterocycles. The van der Waals surface area contributed by atoms with E-state index in [0.717, 1.165) is 5.75 Å². The second kappa shape index (κ2) is 12.8. The van der Waals surface area contributed by atoms with Crippen LogP contribution in [0.5, 0.6) is 17.2 Å². The minimum Gasteiger partial charge on any atom is -0.497 e. The van der Waals surface area contributed by atoms with Gasteiger partial charge in [-0.2, -0.15) is 0 Å². The number of ether oxygens (including phenoxy) is 3. The molecule has 0 fully saturated rings. The van der Waals surface area contributed by atoms with Crippen LogP contribution in [0.4, 0.5) is 11.4 Å². The summed E-state index contributed by atoms with van der Waals surface area (Å²) in [7, 11) is 1.59. The number of methoxy groups -OCH3 is 1. The molecule has 35 heavy (non-hydrogen) atoms. The Kier molecular flexibility index (Phi) is 9.51. The lowest BCUT2D eigenvalue weighted by Gasteiger charge is -2.09. The molecule has 0 saturated carbocycles. The molecule has 3 aromatic carbocycles. The Hall–Kier alpha value is -3.56. The third kappa shape index (κ3) is 8.62. The Morgan fingerprint density at radius 3 is 2.00 bits per heavy atom. The van der Waals surface area contributed by atoms with E-state index in [1.54, 1.807) is 73.8 Å². The molecule has 0 aliphatic carbocycles. The highest BCUT2D eigenvalue weighted by molar-refractivity contribution is 9.10. The van der Waals surface area contributed by atoms with E-state index in [0.29, 0.717) is 32.4 Å². The lowest BCUT2D eigenvalue weighted by Crippen LogP contribution is -2.21. The van der Waals surface area contributed by atoms with Crippen LogP contribution in [-0.4, -0.2) is 31.5 Å². The topological polar surface area (TPSA) is 103 Å². The SMILES string of the molecule is COc1ccc(Oc2ccc(NC(=O)CCC(=O)OCC(=O)Nc3ccc(Br)c(Cl)c3)cc2)cc1. The van der Waals surface area contributed by atoms with Gasteiger partial charge in [-0.05, 0) is 82.7 Å². The summed E-state index contributed by atoms with van der Waals surface area (Å²) in [6.07, 6.45) is -0.255. The van der Waals surface area contributed by atoms with E-state index in [4.69, 9.17) is 25.8 Å². The first-order valence-corrected chi connectivity index (χ1v) is 11.6. The van der Waals surface area contributed by atoms with Gasteiger partial charge in [0, 0.05) is 22.3 Å². The van der Waals surface area contributed by atoms with Crippen molar-refractivity contribution in [3.05, 3.63) is 76.2 Å². The maximum atomic E-state index is 12.1. The molecule has 10 heteroatoms. The minimum absolute atomic E-state index is 0.0904. The lowest BCUT2D eigenvalue weighted by atomic mass is 10.2. The fourth-order valence-corrected chi connectivity index (χ4v) is 3.24. The van der Waals surface area contributed by atoms with Crippen LogP contribution in [0, 0.1) is 0 Å². The molecule has 3 aromatic rings. The summed E-state index contributed by atoms with van der Waals surface area (Å²) in [5.74, 6) is 0.440. The maximum Gasteiger partial charge on any atom is 0.306 e. The molecule has 0 saturated heterocycles. The fourth-order valence-electron chi connectivity index (χ4n) is 2.81. The first-order chi connectivity index (χ1) is 16.8. The van der Waals surface area contributed by atoms with E-state index in [1.807, 2.05) is 0 Å². The van der Waals surface area contributed by atoms with Crippen LogP contribution in [0.3, 0.4) is 0 Å². The first kappa shape index (κ1) is 26.1. The van der Waals surface area contributed by atoms with Gasteiger partial charge in [-0.25, -0.2) is 0 Å². The van der Waals surface area contributed by atoms with Crippen LogP contribution in [-0.2, 0) is 19.1 Å². The van der Waals surface area contributed by atoms with Crippen molar-refractivity contribution in [2.75, 3.05) is 24.4 Å².